The van der Waals surface area contributed by atoms with Crippen LogP contribution >= 0.6 is 0 Å². The molecule has 0 bridgehead atoms. The van der Waals surface area contributed by atoms with Crippen LogP contribution in [0.15, 0.2) is 24.3 Å². The molecule has 0 atom stereocenters. The van der Waals surface area contributed by atoms with E-state index >= 15 is 0 Å². The topological polar surface area (TPSA) is 0 Å². The zero-order valence-electron chi connectivity index (χ0n) is 11.8. The van der Waals surface area contributed by atoms with Crippen LogP contribution in [0, 0.1) is 6.92 Å². The summed E-state index contributed by atoms with van der Waals surface area (Å²) in [5, 5.41) is 0. The van der Waals surface area contributed by atoms with Crippen molar-refractivity contribution in [3.05, 3.63) is 31.2 Å². The SMILES string of the molecule is [CH2]CCCCCC=CCCCC=CCCCC. The summed E-state index contributed by atoms with van der Waals surface area (Å²) in [4.78, 5) is 0. The molecule has 1 radical (unpaired) electrons. The molecule has 0 N–H and O–H groups in total. The Morgan fingerprint density at radius 3 is 1.71 bits per heavy atom. The van der Waals surface area contributed by atoms with Gasteiger partial charge in [0.05, 0.1) is 0 Å². The molecule has 0 aliphatic heterocycles. The largest absolute Gasteiger partial charge is 0.0885 e. The second-order valence-corrected chi connectivity index (χ2v) is 4.72. The van der Waals surface area contributed by atoms with Gasteiger partial charge < -0.3 is 0 Å². The first-order valence-electron chi connectivity index (χ1n) is 7.51. The Kier molecular flexibility index (Phi) is 15.0. The molecule has 0 rings (SSSR count). The van der Waals surface area contributed by atoms with Gasteiger partial charge in [-0.2, -0.15) is 0 Å². The fourth-order valence-corrected chi connectivity index (χ4v) is 1.76. The molecular formula is C17H31. The standard InChI is InChI=1S/C17H31/c1-3-5-7-9-11-13-15-17-16-14-12-10-8-6-4-2/h10,12-13,15H,1,3-9,11,14,16-17H2,2H3. The van der Waals surface area contributed by atoms with Crippen LogP contribution < -0.4 is 0 Å². The van der Waals surface area contributed by atoms with Gasteiger partial charge >= 0.3 is 0 Å². The quantitative estimate of drug-likeness (QED) is 0.277. The first kappa shape index (κ1) is 16.5. The summed E-state index contributed by atoms with van der Waals surface area (Å²) in [6, 6.07) is 0. The summed E-state index contributed by atoms with van der Waals surface area (Å²) < 4.78 is 0. The fraction of sp³-hybridized carbons (Fsp3) is 0.706. The molecule has 0 fully saturated rings. The lowest BCUT2D eigenvalue weighted by atomic mass is 10.1. The molecule has 0 aromatic heterocycles. The van der Waals surface area contributed by atoms with Gasteiger partial charge in [0.2, 0.25) is 0 Å². The Labute approximate surface area is 109 Å². The van der Waals surface area contributed by atoms with Gasteiger partial charge in [0.25, 0.3) is 0 Å². The molecule has 0 spiro atoms. The number of hydrogen-bond acceptors (Lipinski definition) is 0. The molecule has 0 saturated carbocycles. The molecule has 0 aromatic rings. The summed E-state index contributed by atoms with van der Waals surface area (Å²) in [5.41, 5.74) is 0. The van der Waals surface area contributed by atoms with Crippen molar-refractivity contribution in [3.8, 4) is 0 Å². The second-order valence-electron chi connectivity index (χ2n) is 4.72. The smallest absolute Gasteiger partial charge is 0.0348 e. The van der Waals surface area contributed by atoms with E-state index in [1.165, 1.54) is 64.2 Å². The maximum absolute atomic E-state index is 3.86. The van der Waals surface area contributed by atoms with Crippen LogP contribution in [-0.2, 0) is 0 Å². The highest BCUT2D eigenvalue weighted by molar-refractivity contribution is 4.85. The van der Waals surface area contributed by atoms with Crippen molar-refractivity contribution < 1.29 is 0 Å². The number of allylic oxidation sites excluding steroid dienone is 4. The minimum atomic E-state index is 1.09. The molecule has 0 amide bonds. The summed E-state index contributed by atoms with van der Waals surface area (Å²) in [5.74, 6) is 0. The van der Waals surface area contributed by atoms with Crippen molar-refractivity contribution in [2.75, 3.05) is 0 Å². The van der Waals surface area contributed by atoms with Gasteiger partial charge in [-0.25, -0.2) is 0 Å². The third-order valence-corrected chi connectivity index (χ3v) is 2.92. The van der Waals surface area contributed by atoms with Crippen LogP contribution in [0.3, 0.4) is 0 Å². The number of unbranched alkanes of at least 4 members (excludes halogenated alkanes) is 8. The van der Waals surface area contributed by atoms with Crippen LogP contribution in [0.5, 0.6) is 0 Å². The van der Waals surface area contributed by atoms with Crippen molar-refractivity contribution in [1.29, 1.82) is 0 Å². The van der Waals surface area contributed by atoms with Gasteiger partial charge in [0, 0.05) is 0 Å². The Morgan fingerprint density at radius 1 is 0.647 bits per heavy atom. The van der Waals surface area contributed by atoms with Crippen molar-refractivity contribution in [2.24, 2.45) is 0 Å². The molecule has 0 aliphatic carbocycles. The first-order chi connectivity index (χ1) is 8.41. The van der Waals surface area contributed by atoms with Gasteiger partial charge in [-0.3, -0.25) is 0 Å². The Bertz CT molecular complexity index is 176. The second kappa shape index (κ2) is 15.5. The lowest BCUT2D eigenvalue weighted by molar-refractivity contribution is 0.693. The summed E-state index contributed by atoms with van der Waals surface area (Å²) in [6.45, 7) is 6.10. The maximum atomic E-state index is 3.86. The van der Waals surface area contributed by atoms with E-state index in [2.05, 4.69) is 38.2 Å². The zero-order valence-corrected chi connectivity index (χ0v) is 11.8. The minimum absolute atomic E-state index is 1.09. The zero-order chi connectivity index (χ0) is 12.6. The number of rotatable bonds is 12. The molecule has 0 nitrogen and oxygen atoms in total. The van der Waals surface area contributed by atoms with Gasteiger partial charge in [-0.15, -0.1) is 0 Å². The first-order valence-corrected chi connectivity index (χ1v) is 7.51. The normalized spacial score (nSPS) is 11.9. The highest BCUT2D eigenvalue weighted by Crippen LogP contribution is 2.05. The highest BCUT2D eigenvalue weighted by Gasteiger charge is 1.85. The van der Waals surface area contributed by atoms with E-state index in [1.54, 1.807) is 0 Å². The van der Waals surface area contributed by atoms with Crippen molar-refractivity contribution in [2.45, 2.75) is 77.6 Å². The monoisotopic (exact) mass is 235 g/mol. The van der Waals surface area contributed by atoms with Gasteiger partial charge in [0.15, 0.2) is 0 Å². The highest BCUT2D eigenvalue weighted by atomic mass is 13.9. The van der Waals surface area contributed by atoms with E-state index in [-0.39, 0.29) is 0 Å². The van der Waals surface area contributed by atoms with Crippen LogP contribution in [0.25, 0.3) is 0 Å². The summed E-state index contributed by atoms with van der Waals surface area (Å²) in [6.07, 6.45) is 23.4. The molecule has 0 aromatic carbocycles. The predicted molar refractivity (Wildman–Crippen MR) is 80.1 cm³/mol. The molecule has 0 unspecified atom stereocenters. The molecule has 0 saturated heterocycles. The van der Waals surface area contributed by atoms with Crippen LogP contribution in [0.4, 0.5) is 0 Å². The third kappa shape index (κ3) is 15.5. The van der Waals surface area contributed by atoms with Crippen LogP contribution in [0.1, 0.15) is 77.6 Å². The van der Waals surface area contributed by atoms with E-state index in [0.717, 1.165) is 6.42 Å². The lowest BCUT2D eigenvalue weighted by Crippen LogP contribution is -1.74. The van der Waals surface area contributed by atoms with Gasteiger partial charge in [0.1, 0.15) is 0 Å². The molecular weight excluding hydrogens is 204 g/mol. The average Bonchev–Trinajstić information content (AvgIpc) is 2.35. The Balaban J connectivity index is 3.11. The summed E-state index contributed by atoms with van der Waals surface area (Å²) in [7, 11) is 0. The molecule has 17 heavy (non-hydrogen) atoms. The Morgan fingerprint density at radius 2 is 1.18 bits per heavy atom. The van der Waals surface area contributed by atoms with E-state index < -0.39 is 0 Å². The van der Waals surface area contributed by atoms with E-state index in [0.29, 0.717) is 0 Å². The third-order valence-electron chi connectivity index (χ3n) is 2.92. The number of hydrogen-bond donors (Lipinski definition) is 0. The van der Waals surface area contributed by atoms with Crippen LogP contribution in [0.2, 0.25) is 0 Å². The van der Waals surface area contributed by atoms with E-state index in [4.69, 9.17) is 0 Å². The minimum Gasteiger partial charge on any atom is -0.0885 e. The summed E-state index contributed by atoms with van der Waals surface area (Å²) >= 11 is 0. The van der Waals surface area contributed by atoms with E-state index in [1.807, 2.05) is 0 Å². The van der Waals surface area contributed by atoms with Crippen LogP contribution in [-0.4, -0.2) is 0 Å². The maximum Gasteiger partial charge on any atom is -0.0348 e. The molecule has 0 aliphatic rings. The van der Waals surface area contributed by atoms with Crippen molar-refractivity contribution in [3.63, 3.8) is 0 Å². The fourth-order valence-electron chi connectivity index (χ4n) is 1.76. The average molecular weight is 235 g/mol. The van der Waals surface area contributed by atoms with E-state index in [9.17, 15) is 0 Å². The van der Waals surface area contributed by atoms with Crippen molar-refractivity contribution >= 4 is 0 Å². The predicted octanol–water partition coefficient (Wildman–Crippen LogP) is 6.24. The molecule has 0 heteroatoms. The lowest BCUT2D eigenvalue weighted by Gasteiger charge is -1.94. The Hall–Kier alpha value is -0.520. The van der Waals surface area contributed by atoms with Gasteiger partial charge in [-0.1, -0.05) is 70.3 Å². The molecule has 0 heterocycles. The molecule has 99 valence electrons. The van der Waals surface area contributed by atoms with Gasteiger partial charge in [-0.05, 0) is 38.5 Å². The van der Waals surface area contributed by atoms with Crippen molar-refractivity contribution in [1.82, 2.24) is 0 Å².